The van der Waals surface area contributed by atoms with Gasteiger partial charge >= 0.3 is 0 Å². The fraction of sp³-hybridized carbons (Fsp3) is 0.455. The molecule has 1 aromatic carbocycles. The summed E-state index contributed by atoms with van der Waals surface area (Å²) in [4.78, 5) is 0. The summed E-state index contributed by atoms with van der Waals surface area (Å²) in [6.45, 7) is 2.84. The van der Waals surface area contributed by atoms with Crippen molar-refractivity contribution < 1.29 is 9.50 Å². The van der Waals surface area contributed by atoms with Crippen molar-refractivity contribution in [1.29, 1.82) is 0 Å². The minimum absolute atomic E-state index is 0.233. The lowest BCUT2D eigenvalue weighted by molar-refractivity contribution is 0.167. The molecule has 0 bridgehead atoms. The first-order valence-electron chi connectivity index (χ1n) is 4.96. The molecule has 84 valence electrons. The number of benzene rings is 1. The van der Waals surface area contributed by atoms with Crippen LogP contribution in [0.1, 0.15) is 18.9 Å². The Balaban J connectivity index is 2.44. The minimum Gasteiger partial charge on any atom is -0.392 e. The molecule has 0 heterocycles. The number of halogens is 2. The second kappa shape index (κ2) is 6.20. The Labute approximate surface area is 97.6 Å². The lowest BCUT2D eigenvalue weighted by atomic mass is 10.2. The predicted molar refractivity (Wildman–Crippen MR) is 62.1 cm³/mol. The van der Waals surface area contributed by atoms with Crippen molar-refractivity contribution in [3.05, 3.63) is 34.1 Å². The molecule has 2 nitrogen and oxygen atoms in total. The van der Waals surface area contributed by atoms with Crippen LogP contribution in [-0.4, -0.2) is 17.8 Å². The van der Waals surface area contributed by atoms with Crippen molar-refractivity contribution in [3.8, 4) is 0 Å². The Morgan fingerprint density at radius 2 is 2.27 bits per heavy atom. The van der Waals surface area contributed by atoms with Gasteiger partial charge in [-0.2, -0.15) is 0 Å². The van der Waals surface area contributed by atoms with Gasteiger partial charge in [-0.1, -0.05) is 28.9 Å². The monoisotopic (exact) mass is 275 g/mol. The Hall–Kier alpha value is -0.450. The van der Waals surface area contributed by atoms with Crippen LogP contribution in [-0.2, 0) is 6.54 Å². The van der Waals surface area contributed by atoms with Crippen LogP contribution in [0.25, 0.3) is 0 Å². The van der Waals surface area contributed by atoms with Gasteiger partial charge in [-0.25, -0.2) is 4.39 Å². The molecule has 0 saturated heterocycles. The number of rotatable bonds is 5. The van der Waals surface area contributed by atoms with Gasteiger partial charge in [0.2, 0.25) is 0 Å². The van der Waals surface area contributed by atoms with Gasteiger partial charge in [0, 0.05) is 23.1 Å². The molecular formula is C11H15BrFNO. The first-order valence-corrected chi connectivity index (χ1v) is 5.75. The quantitative estimate of drug-likeness (QED) is 0.865. The highest BCUT2D eigenvalue weighted by Gasteiger charge is 2.04. The molecule has 15 heavy (non-hydrogen) atoms. The highest BCUT2D eigenvalue weighted by Crippen LogP contribution is 2.14. The molecule has 1 unspecified atom stereocenters. The van der Waals surface area contributed by atoms with E-state index in [1.54, 1.807) is 12.1 Å². The molecule has 0 saturated carbocycles. The van der Waals surface area contributed by atoms with Crippen molar-refractivity contribution in [2.45, 2.75) is 26.0 Å². The smallest absolute Gasteiger partial charge is 0.128 e. The number of nitrogens with one attached hydrogen (secondary N) is 1. The molecule has 0 aliphatic heterocycles. The molecule has 1 rings (SSSR count). The van der Waals surface area contributed by atoms with Gasteiger partial charge in [-0.15, -0.1) is 0 Å². The van der Waals surface area contributed by atoms with Crippen molar-refractivity contribution in [3.63, 3.8) is 0 Å². The molecule has 0 radical (unpaired) electrons. The lowest BCUT2D eigenvalue weighted by Crippen LogP contribution is -2.26. The van der Waals surface area contributed by atoms with Crippen LogP contribution in [0.3, 0.4) is 0 Å². The summed E-state index contributed by atoms with van der Waals surface area (Å²) >= 11 is 3.20. The Morgan fingerprint density at radius 3 is 2.87 bits per heavy atom. The van der Waals surface area contributed by atoms with E-state index in [4.69, 9.17) is 0 Å². The van der Waals surface area contributed by atoms with Gasteiger partial charge < -0.3 is 10.4 Å². The summed E-state index contributed by atoms with van der Waals surface area (Å²) < 4.78 is 14.1. The minimum atomic E-state index is -0.358. The Bertz CT molecular complexity index is 319. The van der Waals surface area contributed by atoms with E-state index in [0.717, 1.165) is 4.47 Å². The molecule has 1 aromatic rings. The maximum absolute atomic E-state index is 13.3. The second-order valence-corrected chi connectivity index (χ2v) is 4.34. The summed E-state index contributed by atoms with van der Waals surface area (Å²) in [5.41, 5.74) is 0.613. The fourth-order valence-corrected chi connectivity index (χ4v) is 1.52. The van der Waals surface area contributed by atoms with Gasteiger partial charge in [0.1, 0.15) is 5.82 Å². The zero-order chi connectivity index (χ0) is 11.3. The molecule has 1 atom stereocenters. The predicted octanol–water partition coefficient (Wildman–Crippen LogP) is 2.45. The van der Waals surface area contributed by atoms with E-state index in [-0.39, 0.29) is 11.9 Å². The van der Waals surface area contributed by atoms with E-state index in [0.29, 0.717) is 25.1 Å². The van der Waals surface area contributed by atoms with E-state index >= 15 is 0 Å². The zero-order valence-electron chi connectivity index (χ0n) is 8.63. The standard InChI is InChI=1S/C11H15BrFNO/c1-2-10(15)7-14-6-8-3-4-9(12)5-11(8)13/h3-5,10,14-15H,2,6-7H2,1H3. The number of aliphatic hydroxyl groups is 1. The largest absolute Gasteiger partial charge is 0.392 e. The topological polar surface area (TPSA) is 32.3 Å². The first kappa shape index (κ1) is 12.6. The third kappa shape index (κ3) is 4.28. The van der Waals surface area contributed by atoms with E-state index in [1.165, 1.54) is 6.07 Å². The summed E-state index contributed by atoms with van der Waals surface area (Å²) in [5, 5.41) is 12.3. The molecule has 0 amide bonds. The highest BCUT2D eigenvalue weighted by atomic mass is 79.9. The van der Waals surface area contributed by atoms with Crippen molar-refractivity contribution >= 4 is 15.9 Å². The molecule has 0 spiro atoms. The number of hydrogen-bond donors (Lipinski definition) is 2. The maximum atomic E-state index is 13.3. The van der Waals surface area contributed by atoms with E-state index in [9.17, 15) is 9.50 Å². The average molecular weight is 276 g/mol. The van der Waals surface area contributed by atoms with Gasteiger partial charge in [0.15, 0.2) is 0 Å². The lowest BCUT2D eigenvalue weighted by Gasteiger charge is -2.09. The number of aliphatic hydroxyl groups excluding tert-OH is 1. The van der Waals surface area contributed by atoms with Gasteiger partial charge in [-0.05, 0) is 18.6 Å². The second-order valence-electron chi connectivity index (χ2n) is 3.43. The zero-order valence-corrected chi connectivity index (χ0v) is 10.2. The molecular weight excluding hydrogens is 261 g/mol. The van der Waals surface area contributed by atoms with Gasteiger partial charge in [-0.3, -0.25) is 0 Å². The van der Waals surface area contributed by atoms with Crippen LogP contribution in [0, 0.1) is 5.82 Å². The van der Waals surface area contributed by atoms with E-state index < -0.39 is 0 Å². The summed E-state index contributed by atoms with van der Waals surface area (Å²) in [6, 6.07) is 4.97. The van der Waals surface area contributed by atoms with Crippen LogP contribution in [0.15, 0.2) is 22.7 Å². The fourth-order valence-electron chi connectivity index (χ4n) is 1.18. The van der Waals surface area contributed by atoms with Gasteiger partial charge in [0.05, 0.1) is 6.10 Å². The van der Waals surface area contributed by atoms with E-state index in [1.807, 2.05) is 6.92 Å². The summed E-state index contributed by atoms with van der Waals surface area (Å²) in [5.74, 6) is -0.233. The normalized spacial score (nSPS) is 12.8. The van der Waals surface area contributed by atoms with Gasteiger partial charge in [0.25, 0.3) is 0 Å². The highest BCUT2D eigenvalue weighted by molar-refractivity contribution is 9.10. The van der Waals surface area contributed by atoms with Crippen LogP contribution < -0.4 is 5.32 Å². The summed E-state index contributed by atoms with van der Waals surface area (Å²) in [6.07, 6.45) is 0.346. The summed E-state index contributed by atoms with van der Waals surface area (Å²) in [7, 11) is 0. The van der Waals surface area contributed by atoms with Crippen LogP contribution in [0.4, 0.5) is 4.39 Å². The molecule has 0 aliphatic carbocycles. The van der Waals surface area contributed by atoms with Crippen molar-refractivity contribution in [2.24, 2.45) is 0 Å². The average Bonchev–Trinajstić information content (AvgIpc) is 2.21. The molecule has 4 heteroatoms. The molecule has 0 fully saturated rings. The SMILES string of the molecule is CCC(O)CNCc1ccc(Br)cc1F. The first-order chi connectivity index (χ1) is 7.13. The third-order valence-electron chi connectivity index (χ3n) is 2.18. The van der Waals surface area contributed by atoms with Crippen molar-refractivity contribution in [2.75, 3.05) is 6.54 Å². The maximum Gasteiger partial charge on any atom is 0.128 e. The molecule has 2 N–H and O–H groups in total. The third-order valence-corrected chi connectivity index (χ3v) is 2.68. The van der Waals surface area contributed by atoms with Crippen LogP contribution in [0.5, 0.6) is 0 Å². The Morgan fingerprint density at radius 1 is 1.53 bits per heavy atom. The Kier molecular flexibility index (Phi) is 5.22. The number of hydrogen-bond acceptors (Lipinski definition) is 2. The van der Waals surface area contributed by atoms with Crippen molar-refractivity contribution in [1.82, 2.24) is 5.32 Å². The van der Waals surface area contributed by atoms with Crippen LogP contribution >= 0.6 is 15.9 Å². The molecule has 0 aromatic heterocycles. The van der Waals surface area contributed by atoms with E-state index in [2.05, 4.69) is 21.2 Å². The van der Waals surface area contributed by atoms with Crippen LogP contribution in [0.2, 0.25) is 0 Å². The molecule has 0 aliphatic rings.